The van der Waals surface area contributed by atoms with Gasteiger partial charge in [0.15, 0.2) is 11.5 Å². The number of hydrogen-bond acceptors (Lipinski definition) is 3. The molecule has 0 spiro atoms. The van der Waals surface area contributed by atoms with Gasteiger partial charge >= 0.3 is 5.97 Å². The van der Waals surface area contributed by atoms with Crippen molar-refractivity contribution in [2.24, 2.45) is 5.92 Å². The molecule has 0 saturated heterocycles. The SMILES string of the molecule is COc1cc(Cl)c(C(CC(=O)O)C2CC2)c(C(C)C)c1OC. The number of halogens is 1. The molecule has 1 aliphatic carbocycles. The minimum Gasteiger partial charge on any atom is -0.493 e. The van der Waals surface area contributed by atoms with Crippen molar-refractivity contribution in [3.8, 4) is 11.5 Å². The first-order valence-electron chi connectivity index (χ1n) is 7.56. The summed E-state index contributed by atoms with van der Waals surface area (Å²) in [5.74, 6) is 0.939. The maximum Gasteiger partial charge on any atom is 0.303 e. The van der Waals surface area contributed by atoms with E-state index in [2.05, 4.69) is 13.8 Å². The van der Waals surface area contributed by atoms with Crippen molar-refractivity contribution >= 4 is 17.6 Å². The van der Waals surface area contributed by atoms with Crippen LogP contribution >= 0.6 is 11.6 Å². The Bertz CT molecular complexity index is 564. The monoisotopic (exact) mass is 326 g/mol. The van der Waals surface area contributed by atoms with Crippen LogP contribution in [0.15, 0.2) is 6.07 Å². The third kappa shape index (κ3) is 3.32. The normalized spacial score (nSPS) is 15.7. The number of methoxy groups -OCH3 is 2. The van der Waals surface area contributed by atoms with Crippen LogP contribution < -0.4 is 9.47 Å². The first kappa shape index (κ1) is 16.9. The predicted molar refractivity (Wildman–Crippen MR) is 86.4 cm³/mol. The van der Waals surface area contributed by atoms with E-state index < -0.39 is 5.97 Å². The molecule has 5 heteroatoms. The van der Waals surface area contributed by atoms with Crippen LogP contribution in [0.2, 0.25) is 5.02 Å². The molecule has 1 N–H and O–H groups in total. The molecule has 22 heavy (non-hydrogen) atoms. The van der Waals surface area contributed by atoms with Crippen molar-refractivity contribution in [3.05, 3.63) is 22.2 Å². The Morgan fingerprint density at radius 3 is 2.36 bits per heavy atom. The minimum absolute atomic E-state index is 0.0674. The highest BCUT2D eigenvalue weighted by Crippen LogP contribution is 2.52. The molecule has 0 radical (unpaired) electrons. The summed E-state index contributed by atoms with van der Waals surface area (Å²) in [4.78, 5) is 11.3. The summed E-state index contributed by atoms with van der Waals surface area (Å²) in [6.07, 6.45) is 2.21. The molecule has 0 aromatic heterocycles. The fourth-order valence-corrected chi connectivity index (χ4v) is 3.49. The van der Waals surface area contributed by atoms with E-state index in [1.165, 1.54) is 0 Å². The van der Waals surface area contributed by atoms with Crippen molar-refractivity contribution in [2.75, 3.05) is 14.2 Å². The second-order valence-corrected chi connectivity index (χ2v) is 6.52. The summed E-state index contributed by atoms with van der Waals surface area (Å²) in [6, 6.07) is 1.73. The quantitative estimate of drug-likeness (QED) is 0.804. The van der Waals surface area contributed by atoms with Gasteiger partial charge in [0.05, 0.1) is 20.6 Å². The van der Waals surface area contributed by atoms with E-state index in [0.29, 0.717) is 22.4 Å². The van der Waals surface area contributed by atoms with Crippen LogP contribution in [0.3, 0.4) is 0 Å². The summed E-state index contributed by atoms with van der Waals surface area (Å²) >= 11 is 6.51. The fraction of sp³-hybridized carbons (Fsp3) is 0.588. The molecule has 122 valence electrons. The highest BCUT2D eigenvalue weighted by molar-refractivity contribution is 6.31. The molecule has 1 saturated carbocycles. The van der Waals surface area contributed by atoms with Gasteiger partial charge in [0.25, 0.3) is 0 Å². The molecule has 1 aromatic rings. The molecule has 4 nitrogen and oxygen atoms in total. The van der Waals surface area contributed by atoms with Gasteiger partial charge < -0.3 is 14.6 Å². The molecule has 1 unspecified atom stereocenters. The van der Waals surface area contributed by atoms with Gasteiger partial charge in [-0.3, -0.25) is 4.79 Å². The summed E-state index contributed by atoms with van der Waals surface area (Å²) in [5.41, 5.74) is 1.88. The number of aliphatic carboxylic acids is 1. The lowest BCUT2D eigenvalue weighted by Gasteiger charge is -2.26. The van der Waals surface area contributed by atoms with Crippen LogP contribution in [0.4, 0.5) is 0 Å². The summed E-state index contributed by atoms with van der Waals surface area (Å²) in [5, 5.41) is 9.84. The lowest BCUT2D eigenvalue weighted by atomic mass is 9.83. The molecule has 0 heterocycles. The van der Waals surface area contributed by atoms with Gasteiger partial charge in [0, 0.05) is 16.7 Å². The average Bonchev–Trinajstić information content (AvgIpc) is 3.27. The standard InChI is InChI=1S/C17H23ClO4/c1-9(2)15-16(11(7-14(19)20)10-5-6-10)12(18)8-13(21-3)17(15)22-4/h8-11H,5-7H2,1-4H3,(H,19,20). The topological polar surface area (TPSA) is 55.8 Å². The summed E-state index contributed by atoms with van der Waals surface area (Å²) in [6.45, 7) is 4.11. The van der Waals surface area contributed by atoms with E-state index in [1.54, 1.807) is 20.3 Å². The Morgan fingerprint density at radius 1 is 1.32 bits per heavy atom. The van der Waals surface area contributed by atoms with Crippen LogP contribution in [0.1, 0.15) is 56.1 Å². The molecule has 1 aliphatic rings. The first-order valence-corrected chi connectivity index (χ1v) is 7.94. The van der Waals surface area contributed by atoms with Crippen LogP contribution in [-0.2, 0) is 4.79 Å². The molecular formula is C17H23ClO4. The molecule has 1 atom stereocenters. The van der Waals surface area contributed by atoms with Crippen molar-refractivity contribution in [1.29, 1.82) is 0 Å². The van der Waals surface area contributed by atoms with E-state index in [9.17, 15) is 9.90 Å². The zero-order chi connectivity index (χ0) is 16.4. The summed E-state index contributed by atoms with van der Waals surface area (Å²) in [7, 11) is 3.18. The Hall–Kier alpha value is -1.42. The number of carboxylic acid groups (broad SMARTS) is 1. The fourth-order valence-electron chi connectivity index (χ4n) is 3.15. The molecule has 1 fully saturated rings. The van der Waals surface area contributed by atoms with Gasteiger partial charge in [-0.15, -0.1) is 0 Å². The highest BCUT2D eigenvalue weighted by Gasteiger charge is 2.38. The first-order chi connectivity index (χ1) is 10.4. The molecule has 0 aliphatic heterocycles. The lowest BCUT2D eigenvalue weighted by Crippen LogP contribution is -2.13. The predicted octanol–water partition coefficient (Wildman–Crippen LogP) is 4.45. The third-order valence-corrected chi connectivity index (χ3v) is 4.54. The van der Waals surface area contributed by atoms with E-state index in [0.717, 1.165) is 24.0 Å². The van der Waals surface area contributed by atoms with Crippen molar-refractivity contribution in [1.82, 2.24) is 0 Å². The highest BCUT2D eigenvalue weighted by atomic mass is 35.5. The second-order valence-electron chi connectivity index (χ2n) is 6.12. The van der Waals surface area contributed by atoms with Crippen LogP contribution in [0, 0.1) is 5.92 Å². The second kappa shape index (κ2) is 6.78. The zero-order valence-electron chi connectivity index (χ0n) is 13.5. The van der Waals surface area contributed by atoms with Crippen LogP contribution in [0.25, 0.3) is 0 Å². The Kier molecular flexibility index (Phi) is 5.22. The molecular weight excluding hydrogens is 304 g/mol. The van der Waals surface area contributed by atoms with Gasteiger partial charge in [-0.25, -0.2) is 0 Å². The average molecular weight is 327 g/mol. The van der Waals surface area contributed by atoms with Gasteiger partial charge in [0.2, 0.25) is 0 Å². The smallest absolute Gasteiger partial charge is 0.303 e. The van der Waals surface area contributed by atoms with Crippen molar-refractivity contribution in [2.45, 2.75) is 44.9 Å². The number of ether oxygens (including phenoxy) is 2. The molecule has 2 rings (SSSR count). The van der Waals surface area contributed by atoms with Gasteiger partial charge in [0.1, 0.15) is 0 Å². The lowest BCUT2D eigenvalue weighted by molar-refractivity contribution is -0.137. The number of hydrogen-bond donors (Lipinski definition) is 1. The maximum absolute atomic E-state index is 11.3. The Morgan fingerprint density at radius 2 is 1.95 bits per heavy atom. The van der Waals surface area contributed by atoms with Gasteiger partial charge in [-0.2, -0.15) is 0 Å². The van der Waals surface area contributed by atoms with Crippen LogP contribution in [-0.4, -0.2) is 25.3 Å². The number of carboxylic acids is 1. The zero-order valence-corrected chi connectivity index (χ0v) is 14.2. The van der Waals surface area contributed by atoms with Crippen molar-refractivity contribution in [3.63, 3.8) is 0 Å². The van der Waals surface area contributed by atoms with Crippen molar-refractivity contribution < 1.29 is 19.4 Å². The Labute approximate surface area is 136 Å². The number of rotatable bonds is 7. The van der Waals surface area contributed by atoms with Gasteiger partial charge in [-0.1, -0.05) is 25.4 Å². The third-order valence-electron chi connectivity index (χ3n) is 4.23. The summed E-state index contributed by atoms with van der Waals surface area (Å²) < 4.78 is 10.9. The van der Waals surface area contributed by atoms with E-state index in [-0.39, 0.29) is 18.3 Å². The van der Waals surface area contributed by atoms with E-state index >= 15 is 0 Å². The molecule has 1 aromatic carbocycles. The van der Waals surface area contributed by atoms with E-state index in [4.69, 9.17) is 21.1 Å². The van der Waals surface area contributed by atoms with E-state index in [1.807, 2.05) is 0 Å². The van der Waals surface area contributed by atoms with Crippen LogP contribution in [0.5, 0.6) is 11.5 Å². The number of carbonyl (C=O) groups is 1. The Balaban J connectivity index is 2.64. The minimum atomic E-state index is -0.794. The largest absolute Gasteiger partial charge is 0.493 e. The van der Waals surface area contributed by atoms with Gasteiger partial charge in [-0.05, 0) is 36.2 Å². The number of benzene rings is 1. The maximum atomic E-state index is 11.3. The molecule has 0 bridgehead atoms. The molecule has 0 amide bonds.